The first kappa shape index (κ1) is 14.2. The van der Waals surface area contributed by atoms with Gasteiger partial charge in [0.15, 0.2) is 0 Å². The summed E-state index contributed by atoms with van der Waals surface area (Å²) in [4.78, 5) is 7.50. The number of alkyl halides is 3. The van der Waals surface area contributed by atoms with E-state index in [1.54, 1.807) is 0 Å². The Hall–Kier alpha value is -0.880. The van der Waals surface area contributed by atoms with Crippen molar-refractivity contribution in [2.75, 3.05) is 13.1 Å². The predicted molar refractivity (Wildman–Crippen MR) is 59.0 cm³/mol. The van der Waals surface area contributed by atoms with E-state index >= 15 is 0 Å². The average molecular weight is 268 g/mol. The normalized spacial score (nSPS) is 20.1. The number of aromatic nitrogens is 2. The molecule has 0 aromatic carbocycles. The molecule has 0 aliphatic carbocycles. The summed E-state index contributed by atoms with van der Waals surface area (Å²) in [6.07, 6.45) is -0.974. The molecule has 0 spiro atoms. The highest BCUT2D eigenvalue weighted by Gasteiger charge is 2.31. The van der Waals surface area contributed by atoms with E-state index in [-0.39, 0.29) is 12.4 Å². The smallest absolute Gasteiger partial charge is 0.316 e. The Morgan fingerprint density at radius 1 is 1.29 bits per heavy atom. The van der Waals surface area contributed by atoms with Crippen molar-refractivity contribution in [2.45, 2.75) is 19.0 Å². The lowest BCUT2D eigenvalue weighted by Crippen LogP contribution is -2.13. The van der Waals surface area contributed by atoms with Crippen LogP contribution in [0.2, 0.25) is 0 Å². The molecule has 1 aromatic heterocycles. The van der Waals surface area contributed by atoms with Crippen molar-refractivity contribution in [3.63, 3.8) is 0 Å². The van der Waals surface area contributed by atoms with E-state index in [2.05, 4.69) is 15.3 Å². The summed E-state index contributed by atoms with van der Waals surface area (Å²) in [5.41, 5.74) is -0.791. The lowest BCUT2D eigenvalue weighted by molar-refractivity contribution is -0.138. The van der Waals surface area contributed by atoms with Crippen molar-refractivity contribution in [3.05, 3.63) is 23.8 Å². The maximum Gasteiger partial charge on any atom is 0.419 e. The van der Waals surface area contributed by atoms with E-state index in [1.165, 1.54) is 0 Å². The van der Waals surface area contributed by atoms with Crippen molar-refractivity contribution in [2.24, 2.45) is 5.92 Å². The minimum absolute atomic E-state index is 0. The minimum atomic E-state index is -4.35. The van der Waals surface area contributed by atoms with Crippen LogP contribution in [0, 0.1) is 5.92 Å². The Morgan fingerprint density at radius 2 is 1.94 bits per heavy atom. The van der Waals surface area contributed by atoms with Gasteiger partial charge in [-0.3, -0.25) is 0 Å². The van der Waals surface area contributed by atoms with Crippen molar-refractivity contribution in [3.8, 4) is 0 Å². The number of hydrogen-bond donors (Lipinski definition) is 1. The van der Waals surface area contributed by atoms with Gasteiger partial charge in [-0.25, -0.2) is 9.97 Å². The van der Waals surface area contributed by atoms with Gasteiger partial charge in [-0.15, -0.1) is 12.4 Å². The van der Waals surface area contributed by atoms with Gasteiger partial charge in [-0.05, 0) is 25.4 Å². The number of nitrogens with one attached hydrogen (secondary N) is 1. The first-order valence-electron chi connectivity index (χ1n) is 5.14. The second kappa shape index (κ2) is 5.64. The molecule has 1 aliphatic heterocycles. The lowest BCUT2D eigenvalue weighted by atomic mass is 10.0. The molecule has 2 heterocycles. The van der Waals surface area contributed by atoms with Gasteiger partial charge in [0.25, 0.3) is 0 Å². The SMILES string of the molecule is Cl.FC(F)(F)c1cnc(C[C@@H]2CCNC2)nc1. The Balaban J connectivity index is 0.00000144. The molecule has 1 aliphatic rings. The van der Waals surface area contributed by atoms with Crippen LogP contribution in [0.3, 0.4) is 0 Å². The Morgan fingerprint density at radius 3 is 2.41 bits per heavy atom. The highest BCUT2D eigenvalue weighted by molar-refractivity contribution is 5.85. The van der Waals surface area contributed by atoms with Crippen LogP contribution in [0.1, 0.15) is 17.8 Å². The summed E-state index contributed by atoms with van der Waals surface area (Å²) in [6, 6.07) is 0. The maximum atomic E-state index is 12.2. The molecule has 1 atom stereocenters. The molecule has 96 valence electrons. The van der Waals surface area contributed by atoms with Crippen LogP contribution in [0.4, 0.5) is 13.2 Å². The molecule has 0 radical (unpaired) electrons. The molecule has 7 heteroatoms. The zero-order chi connectivity index (χ0) is 11.6. The molecule has 0 amide bonds. The van der Waals surface area contributed by atoms with Crippen molar-refractivity contribution < 1.29 is 13.2 Å². The van der Waals surface area contributed by atoms with Gasteiger partial charge in [0.1, 0.15) is 5.82 Å². The fourth-order valence-electron chi connectivity index (χ4n) is 1.75. The van der Waals surface area contributed by atoms with Crippen molar-refractivity contribution >= 4 is 12.4 Å². The van der Waals surface area contributed by atoms with Crippen LogP contribution in [0.5, 0.6) is 0 Å². The third-order valence-electron chi connectivity index (χ3n) is 2.67. The second-order valence-electron chi connectivity index (χ2n) is 3.95. The second-order valence-corrected chi connectivity index (χ2v) is 3.95. The molecule has 17 heavy (non-hydrogen) atoms. The molecule has 2 rings (SSSR count). The Bertz CT molecular complexity index is 347. The third-order valence-corrected chi connectivity index (χ3v) is 2.67. The van der Waals surface area contributed by atoms with E-state index in [9.17, 15) is 13.2 Å². The molecule has 1 N–H and O–H groups in total. The van der Waals surface area contributed by atoms with Gasteiger partial charge in [0.05, 0.1) is 5.56 Å². The number of halogens is 4. The van der Waals surface area contributed by atoms with Gasteiger partial charge < -0.3 is 5.32 Å². The van der Waals surface area contributed by atoms with Crippen LogP contribution >= 0.6 is 12.4 Å². The standard InChI is InChI=1S/C10H12F3N3.ClH/c11-10(12,13)8-5-15-9(16-6-8)3-7-1-2-14-4-7;/h5-7,14H,1-4H2;1H/t7-;/m0./s1. The highest BCUT2D eigenvalue weighted by Crippen LogP contribution is 2.27. The number of rotatable bonds is 2. The highest BCUT2D eigenvalue weighted by atomic mass is 35.5. The summed E-state index contributed by atoms with van der Waals surface area (Å²) in [6.45, 7) is 1.86. The molecule has 0 bridgehead atoms. The summed E-state index contributed by atoms with van der Waals surface area (Å²) in [7, 11) is 0. The van der Waals surface area contributed by atoms with E-state index in [4.69, 9.17) is 0 Å². The molecule has 0 saturated carbocycles. The monoisotopic (exact) mass is 267 g/mol. The van der Waals surface area contributed by atoms with Gasteiger partial charge in [-0.1, -0.05) is 0 Å². The van der Waals surface area contributed by atoms with Gasteiger partial charge in [0, 0.05) is 18.8 Å². The first-order valence-corrected chi connectivity index (χ1v) is 5.14. The molecule has 1 saturated heterocycles. The topological polar surface area (TPSA) is 37.8 Å². The zero-order valence-corrected chi connectivity index (χ0v) is 9.81. The first-order chi connectivity index (χ1) is 7.55. The van der Waals surface area contributed by atoms with Crippen LogP contribution < -0.4 is 5.32 Å². The van der Waals surface area contributed by atoms with Gasteiger partial charge in [0.2, 0.25) is 0 Å². The zero-order valence-electron chi connectivity index (χ0n) is 9.00. The van der Waals surface area contributed by atoms with Crippen LogP contribution in [-0.4, -0.2) is 23.1 Å². The Kier molecular flexibility index (Phi) is 4.70. The summed E-state index contributed by atoms with van der Waals surface area (Å²) >= 11 is 0. The van der Waals surface area contributed by atoms with E-state index < -0.39 is 11.7 Å². The largest absolute Gasteiger partial charge is 0.419 e. The fraction of sp³-hybridized carbons (Fsp3) is 0.600. The predicted octanol–water partition coefficient (Wildman–Crippen LogP) is 2.07. The maximum absolute atomic E-state index is 12.2. The molecule has 3 nitrogen and oxygen atoms in total. The molecular weight excluding hydrogens is 255 g/mol. The van der Waals surface area contributed by atoms with Crippen LogP contribution in [0.25, 0.3) is 0 Å². The van der Waals surface area contributed by atoms with E-state index in [0.717, 1.165) is 31.9 Å². The molecular formula is C10H13ClF3N3. The summed E-state index contributed by atoms with van der Waals surface area (Å²) in [5.74, 6) is 0.929. The Labute approximate surface area is 103 Å². The van der Waals surface area contributed by atoms with Crippen molar-refractivity contribution in [1.82, 2.24) is 15.3 Å². The summed E-state index contributed by atoms with van der Waals surface area (Å²) < 4.78 is 36.7. The molecule has 1 aromatic rings. The van der Waals surface area contributed by atoms with Gasteiger partial charge >= 0.3 is 6.18 Å². The molecule has 1 fully saturated rings. The van der Waals surface area contributed by atoms with E-state index in [1.807, 2.05) is 0 Å². The lowest BCUT2D eigenvalue weighted by Gasteiger charge is -2.08. The minimum Gasteiger partial charge on any atom is -0.316 e. The molecule has 0 unspecified atom stereocenters. The van der Waals surface area contributed by atoms with Crippen LogP contribution in [0.15, 0.2) is 12.4 Å². The average Bonchev–Trinajstić information content (AvgIpc) is 2.70. The van der Waals surface area contributed by atoms with E-state index in [0.29, 0.717) is 18.2 Å². The quantitative estimate of drug-likeness (QED) is 0.891. The number of hydrogen-bond acceptors (Lipinski definition) is 3. The third kappa shape index (κ3) is 3.81. The van der Waals surface area contributed by atoms with Gasteiger partial charge in [-0.2, -0.15) is 13.2 Å². The summed E-state index contributed by atoms with van der Waals surface area (Å²) in [5, 5.41) is 3.19. The van der Waals surface area contributed by atoms with Crippen molar-refractivity contribution in [1.29, 1.82) is 0 Å². The van der Waals surface area contributed by atoms with Crippen LogP contribution in [-0.2, 0) is 12.6 Å². The fourth-order valence-corrected chi connectivity index (χ4v) is 1.75. The number of nitrogens with zero attached hydrogens (tertiary/aromatic N) is 2.